The van der Waals surface area contributed by atoms with E-state index in [1.807, 2.05) is 0 Å². The first-order valence-electron chi connectivity index (χ1n) is 8.53. The summed E-state index contributed by atoms with van der Waals surface area (Å²) in [6.07, 6.45) is -4.03. The van der Waals surface area contributed by atoms with Crippen molar-refractivity contribution in [3.63, 3.8) is 0 Å². The molecular weight excluding hydrogens is 423 g/mol. The van der Waals surface area contributed by atoms with Crippen LogP contribution in [0, 0.1) is 6.92 Å². The van der Waals surface area contributed by atoms with Gasteiger partial charge in [-0.25, -0.2) is 9.48 Å². The molecule has 0 saturated carbocycles. The summed E-state index contributed by atoms with van der Waals surface area (Å²) < 4.78 is 46.6. The maximum absolute atomic E-state index is 13.8. The molecule has 0 aliphatic heterocycles. The number of benzene rings is 2. The molecule has 30 heavy (non-hydrogen) atoms. The lowest BCUT2D eigenvalue weighted by Crippen LogP contribution is -2.21. The van der Waals surface area contributed by atoms with Crippen molar-refractivity contribution < 1.29 is 27.5 Å². The molecule has 156 valence electrons. The summed E-state index contributed by atoms with van der Waals surface area (Å²) in [5.41, 5.74) is -1.01. The molecule has 0 atom stereocenters. The van der Waals surface area contributed by atoms with E-state index in [1.54, 1.807) is 13.0 Å². The van der Waals surface area contributed by atoms with Crippen LogP contribution in [0.4, 0.5) is 18.9 Å². The van der Waals surface area contributed by atoms with Gasteiger partial charge in [-0.2, -0.15) is 18.3 Å². The van der Waals surface area contributed by atoms with E-state index in [4.69, 9.17) is 11.6 Å². The monoisotopic (exact) mass is 437 g/mol. The topological polar surface area (TPSA) is 73.2 Å². The van der Waals surface area contributed by atoms with E-state index in [1.165, 1.54) is 43.5 Å². The van der Waals surface area contributed by atoms with Crippen molar-refractivity contribution in [2.45, 2.75) is 13.1 Å². The summed E-state index contributed by atoms with van der Waals surface area (Å²) in [7, 11) is 1.19. The summed E-state index contributed by atoms with van der Waals surface area (Å²) >= 11 is 5.87. The Morgan fingerprint density at radius 3 is 2.53 bits per heavy atom. The van der Waals surface area contributed by atoms with Crippen LogP contribution in [0.25, 0.3) is 5.69 Å². The summed E-state index contributed by atoms with van der Waals surface area (Å²) in [5.74, 6) is -1.67. The third kappa shape index (κ3) is 4.30. The van der Waals surface area contributed by atoms with Crippen LogP contribution in [-0.2, 0) is 10.9 Å². The molecule has 1 amide bonds. The zero-order valence-electron chi connectivity index (χ0n) is 15.7. The highest BCUT2D eigenvalue weighted by atomic mass is 35.5. The summed E-state index contributed by atoms with van der Waals surface area (Å²) in [4.78, 5) is 24.4. The number of carbonyl (C=O) groups is 2. The molecule has 1 aromatic heterocycles. The lowest BCUT2D eigenvalue weighted by atomic mass is 10.1. The molecule has 0 bridgehead atoms. The van der Waals surface area contributed by atoms with Gasteiger partial charge in [-0.3, -0.25) is 4.79 Å². The number of halogens is 4. The van der Waals surface area contributed by atoms with E-state index in [0.29, 0.717) is 10.2 Å². The minimum absolute atomic E-state index is 0.0535. The molecule has 0 aliphatic carbocycles. The van der Waals surface area contributed by atoms with E-state index in [0.717, 1.165) is 6.20 Å². The quantitative estimate of drug-likeness (QED) is 0.590. The van der Waals surface area contributed by atoms with Gasteiger partial charge in [0.2, 0.25) is 0 Å². The van der Waals surface area contributed by atoms with Crippen LogP contribution in [0.2, 0.25) is 5.02 Å². The first-order valence-corrected chi connectivity index (χ1v) is 8.91. The standard InChI is InChI=1S/C20H15ClF3N3O3/c1-11-6-7-12(19(29)30-2)8-16(11)26-18(28)15-10-25-27(17(15)20(22,23)24)14-5-3-4-13(21)9-14/h3-10H,1-2H3,(H,26,28). The molecule has 0 fully saturated rings. The third-order valence-corrected chi connectivity index (χ3v) is 4.48. The number of aromatic nitrogens is 2. The Morgan fingerprint density at radius 2 is 1.90 bits per heavy atom. The molecule has 0 radical (unpaired) electrons. The molecule has 0 spiro atoms. The van der Waals surface area contributed by atoms with Crippen LogP contribution >= 0.6 is 11.6 Å². The number of hydrogen-bond acceptors (Lipinski definition) is 4. The minimum Gasteiger partial charge on any atom is -0.465 e. The van der Waals surface area contributed by atoms with E-state index < -0.39 is 29.3 Å². The van der Waals surface area contributed by atoms with Gasteiger partial charge in [0.15, 0.2) is 5.69 Å². The summed E-state index contributed by atoms with van der Waals surface area (Å²) in [6.45, 7) is 1.64. The van der Waals surface area contributed by atoms with Crippen molar-refractivity contribution in [3.8, 4) is 5.69 Å². The highest BCUT2D eigenvalue weighted by Crippen LogP contribution is 2.34. The largest absolute Gasteiger partial charge is 0.465 e. The van der Waals surface area contributed by atoms with Gasteiger partial charge < -0.3 is 10.1 Å². The van der Waals surface area contributed by atoms with Crippen LogP contribution in [0.1, 0.15) is 32.0 Å². The molecule has 1 heterocycles. The number of rotatable bonds is 4. The van der Waals surface area contributed by atoms with Crippen LogP contribution in [0.15, 0.2) is 48.7 Å². The molecule has 0 aliphatic rings. The average Bonchev–Trinajstić information content (AvgIpc) is 3.15. The minimum atomic E-state index is -4.87. The highest BCUT2D eigenvalue weighted by molar-refractivity contribution is 6.30. The van der Waals surface area contributed by atoms with Crippen LogP contribution < -0.4 is 5.32 Å². The second-order valence-electron chi connectivity index (χ2n) is 6.27. The first-order chi connectivity index (χ1) is 14.1. The van der Waals surface area contributed by atoms with E-state index in [2.05, 4.69) is 15.2 Å². The molecule has 10 heteroatoms. The van der Waals surface area contributed by atoms with Gasteiger partial charge in [0.05, 0.1) is 30.1 Å². The van der Waals surface area contributed by atoms with Crippen molar-refractivity contribution in [2.24, 2.45) is 0 Å². The number of nitrogens with zero attached hydrogens (tertiary/aromatic N) is 2. The molecule has 0 unspecified atom stereocenters. The maximum Gasteiger partial charge on any atom is 0.434 e. The van der Waals surface area contributed by atoms with Gasteiger partial charge in [-0.1, -0.05) is 23.7 Å². The average molecular weight is 438 g/mol. The second-order valence-corrected chi connectivity index (χ2v) is 6.71. The number of anilines is 1. The van der Waals surface area contributed by atoms with Gasteiger partial charge in [0.25, 0.3) is 5.91 Å². The fraction of sp³-hybridized carbons (Fsp3) is 0.150. The van der Waals surface area contributed by atoms with E-state index in [-0.39, 0.29) is 22.0 Å². The normalized spacial score (nSPS) is 11.3. The highest BCUT2D eigenvalue weighted by Gasteiger charge is 2.40. The third-order valence-electron chi connectivity index (χ3n) is 4.24. The molecule has 3 rings (SSSR count). The number of methoxy groups -OCH3 is 1. The predicted octanol–water partition coefficient (Wildman–Crippen LogP) is 4.89. The number of carbonyl (C=O) groups excluding carboxylic acids is 2. The van der Waals surface area contributed by atoms with Gasteiger partial charge in [0.1, 0.15) is 0 Å². The van der Waals surface area contributed by atoms with Crippen molar-refractivity contribution in [1.29, 1.82) is 0 Å². The summed E-state index contributed by atoms with van der Waals surface area (Å²) in [6, 6.07) is 10.0. The number of nitrogens with one attached hydrogen (secondary N) is 1. The van der Waals surface area contributed by atoms with Crippen LogP contribution in [0.5, 0.6) is 0 Å². The number of alkyl halides is 3. The van der Waals surface area contributed by atoms with Crippen LogP contribution in [0.3, 0.4) is 0 Å². The first kappa shape index (κ1) is 21.4. The van der Waals surface area contributed by atoms with Crippen molar-refractivity contribution in [2.75, 3.05) is 12.4 Å². The maximum atomic E-state index is 13.8. The van der Waals surface area contributed by atoms with Crippen LogP contribution in [-0.4, -0.2) is 28.8 Å². The molecule has 3 aromatic rings. The van der Waals surface area contributed by atoms with Gasteiger partial charge >= 0.3 is 12.1 Å². The Balaban J connectivity index is 2.02. The van der Waals surface area contributed by atoms with Gasteiger partial charge in [-0.15, -0.1) is 0 Å². The number of hydrogen-bond donors (Lipinski definition) is 1. The molecule has 1 N–H and O–H groups in total. The fourth-order valence-corrected chi connectivity index (χ4v) is 2.97. The molecule has 0 saturated heterocycles. The number of aryl methyl sites for hydroxylation is 1. The van der Waals surface area contributed by atoms with Crippen molar-refractivity contribution >= 4 is 29.2 Å². The Bertz CT molecular complexity index is 1130. The smallest absolute Gasteiger partial charge is 0.434 e. The number of esters is 1. The molecular formula is C20H15ClF3N3O3. The second kappa shape index (κ2) is 8.19. The van der Waals surface area contributed by atoms with Crippen molar-refractivity contribution in [1.82, 2.24) is 9.78 Å². The van der Waals surface area contributed by atoms with E-state index in [9.17, 15) is 22.8 Å². The Labute approximate surface area is 174 Å². The molecule has 6 nitrogen and oxygen atoms in total. The summed E-state index contributed by atoms with van der Waals surface area (Å²) in [5, 5.41) is 6.37. The van der Waals surface area contributed by atoms with E-state index >= 15 is 0 Å². The molecule has 2 aromatic carbocycles. The zero-order valence-corrected chi connectivity index (χ0v) is 16.5. The van der Waals surface area contributed by atoms with Gasteiger partial charge in [-0.05, 0) is 42.8 Å². The SMILES string of the molecule is COC(=O)c1ccc(C)c(NC(=O)c2cnn(-c3cccc(Cl)c3)c2C(F)(F)F)c1. The lowest BCUT2D eigenvalue weighted by Gasteiger charge is -2.14. The predicted molar refractivity (Wildman–Crippen MR) is 104 cm³/mol. The fourth-order valence-electron chi connectivity index (χ4n) is 2.78. The van der Waals surface area contributed by atoms with Crippen molar-refractivity contribution in [3.05, 3.63) is 76.1 Å². The number of amides is 1. The Hall–Kier alpha value is -3.33. The Kier molecular flexibility index (Phi) is 5.84. The zero-order chi connectivity index (χ0) is 22.1. The Morgan fingerprint density at radius 1 is 1.17 bits per heavy atom. The lowest BCUT2D eigenvalue weighted by molar-refractivity contribution is -0.143. The number of ether oxygens (including phenoxy) is 1. The van der Waals surface area contributed by atoms with Gasteiger partial charge in [0, 0.05) is 10.7 Å².